The van der Waals surface area contributed by atoms with E-state index >= 15 is 0 Å². The van der Waals surface area contributed by atoms with Gasteiger partial charge in [-0.2, -0.15) is 4.98 Å². The van der Waals surface area contributed by atoms with Gasteiger partial charge < -0.3 is 14.5 Å². The molecule has 1 aliphatic carbocycles. The number of carboxylic acids is 1. The van der Waals surface area contributed by atoms with Gasteiger partial charge in [0.15, 0.2) is 0 Å². The highest BCUT2D eigenvalue weighted by Crippen LogP contribution is 2.47. The Morgan fingerprint density at radius 2 is 2.00 bits per heavy atom. The van der Waals surface area contributed by atoms with Crippen molar-refractivity contribution in [3.8, 4) is 0 Å². The van der Waals surface area contributed by atoms with Gasteiger partial charge in [0.2, 0.25) is 5.89 Å². The summed E-state index contributed by atoms with van der Waals surface area (Å²) < 4.78 is 5.20. The van der Waals surface area contributed by atoms with Crippen molar-refractivity contribution in [3.05, 3.63) is 5.89 Å². The van der Waals surface area contributed by atoms with Gasteiger partial charge >= 0.3 is 5.97 Å². The smallest absolute Gasteiger partial charge is 0.307 e. The SMILES string of the molecule is O=C(O)C1CC1c1nc(N2CCCCCC2)no1. The van der Waals surface area contributed by atoms with Gasteiger partial charge in [0.1, 0.15) is 0 Å². The molecule has 0 spiro atoms. The van der Waals surface area contributed by atoms with Gasteiger partial charge in [0.25, 0.3) is 5.95 Å². The summed E-state index contributed by atoms with van der Waals surface area (Å²) in [7, 11) is 0. The summed E-state index contributed by atoms with van der Waals surface area (Å²) in [5.74, 6) is -0.0581. The fourth-order valence-electron chi connectivity index (χ4n) is 2.52. The summed E-state index contributed by atoms with van der Waals surface area (Å²) in [5.41, 5.74) is 0. The Hall–Kier alpha value is -1.59. The van der Waals surface area contributed by atoms with E-state index in [1.54, 1.807) is 0 Å². The van der Waals surface area contributed by atoms with Crippen LogP contribution in [-0.4, -0.2) is 34.3 Å². The molecule has 1 aromatic rings. The lowest BCUT2D eigenvalue weighted by molar-refractivity contribution is -0.138. The van der Waals surface area contributed by atoms with E-state index in [1.807, 2.05) is 0 Å². The minimum atomic E-state index is -0.769. The molecule has 6 heteroatoms. The van der Waals surface area contributed by atoms with E-state index in [4.69, 9.17) is 9.63 Å². The van der Waals surface area contributed by atoms with Crippen LogP contribution in [0, 0.1) is 5.92 Å². The Kier molecular flexibility index (Phi) is 2.93. The van der Waals surface area contributed by atoms with Crippen molar-refractivity contribution in [1.82, 2.24) is 10.1 Å². The van der Waals surface area contributed by atoms with E-state index in [2.05, 4.69) is 15.0 Å². The number of carboxylic acid groups (broad SMARTS) is 1. The summed E-state index contributed by atoms with van der Waals surface area (Å²) in [4.78, 5) is 17.3. The number of aromatic nitrogens is 2. The van der Waals surface area contributed by atoms with Gasteiger partial charge in [-0.05, 0) is 24.4 Å². The predicted molar refractivity (Wildman–Crippen MR) is 63.5 cm³/mol. The zero-order valence-electron chi connectivity index (χ0n) is 10.2. The van der Waals surface area contributed by atoms with Gasteiger partial charge in [-0.25, -0.2) is 0 Å². The lowest BCUT2D eigenvalue weighted by atomic mass is 10.2. The molecule has 6 nitrogen and oxygen atoms in total. The van der Waals surface area contributed by atoms with Gasteiger partial charge in [-0.3, -0.25) is 4.79 Å². The summed E-state index contributed by atoms with van der Waals surface area (Å²) in [6, 6.07) is 0. The Labute approximate surface area is 105 Å². The maximum absolute atomic E-state index is 10.8. The molecular formula is C12H17N3O3. The molecule has 0 amide bonds. The normalized spacial score (nSPS) is 27.9. The van der Waals surface area contributed by atoms with Gasteiger partial charge in [-0.1, -0.05) is 12.8 Å². The molecule has 0 aromatic carbocycles. The number of carbonyl (C=O) groups is 1. The van der Waals surface area contributed by atoms with Crippen LogP contribution in [0.2, 0.25) is 0 Å². The fourth-order valence-corrected chi connectivity index (χ4v) is 2.52. The average molecular weight is 251 g/mol. The maximum Gasteiger partial charge on any atom is 0.307 e. The predicted octanol–water partition coefficient (Wildman–Crippen LogP) is 1.64. The summed E-state index contributed by atoms with van der Waals surface area (Å²) in [6.07, 6.45) is 5.45. The van der Waals surface area contributed by atoms with Crippen molar-refractivity contribution < 1.29 is 14.4 Å². The molecular weight excluding hydrogens is 234 g/mol. The van der Waals surface area contributed by atoms with Gasteiger partial charge in [0, 0.05) is 13.1 Å². The Morgan fingerprint density at radius 1 is 1.28 bits per heavy atom. The Bertz CT molecular complexity index is 438. The second-order valence-corrected chi connectivity index (χ2v) is 5.12. The highest BCUT2D eigenvalue weighted by Gasteiger charge is 2.48. The van der Waals surface area contributed by atoms with Crippen molar-refractivity contribution in [1.29, 1.82) is 0 Å². The standard InChI is InChI=1S/C12H17N3O3/c16-11(17)9-7-8(9)10-13-12(14-18-10)15-5-3-1-2-4-6-15/h8-9H,1-7H2,(H,16,17). The third-order valence-corrected chi connectivity index (χ3v) is 3.74. The topological polar surface area (TPSA) is 79.5 Å². The summed E-state index contributed by atoms with van der Waals surface area (Å²) in [6.45, 7) is 1.93. The average Bonchev–Trinajstić information content (AvgIpc) is 3.09. The third-order valence-electron chi connectivity index (χ3n) is 3.74. The first-order valence-corrected chi connectivity index (χ1v) is 6.57. The summed E-state index contributed by atoms with van der Waals surface area (Å²) >= 11 is 0. The van der Waals surface area contributed by atoms with Crippen LogP contribution in [0.1, 0.15) is 43.9 Å². The molecule has 1 saturated carbocycles. The molecule has 2 aliphatic rings. The first-order valence-electron chi connectivity index (χ1n) is 6.57. The molecule has 98 valence electrons. The van der Waals surface area contributed by atoms with E-state index in [1.165, 1.54) is 12.8 Å². The minimum Gasteiger partial charge on any atom is -0.481 e. The lowest BCUT2D eigenvalue weighted by Gasteiger charge is -2.16. The number of hydrogen-bond donors (Lipinski definition) is 1. The quantitative estimate of drug-likeness (QED) is 0.879. The molecule has 3 rings (SSSR count). The number of nitrogens with zero attached hydrogens (tertiary/aromatic N) is 3. The summed E-state index contributed by atoms with van der Waals surface area (Å²) in [5, 5.41) is 12.9. The molecule has 18 heavy (non-hydrogen) atoms. The molecule has 0 radical (unpaired) electrons. The molecule has 2 atom stereocenters. The van der Waals surface area contributed by atoms with Crippen molar-refractivity contribution in [2.75, 3.05) is 18.0 Å². The fraction of sp³-hybridized carbons (Fsp3) is 0.750. The van der Waals surface area contributed by atoms with Crippen molar-refractivity contribution >= 4 is 11.9 Å². The molecule has 1 N–H and O–H groups in total. The molecule has 2 heterocycles. The van der Waals surface area contributed by atoms with Crippen LogP contribution in [0.5, 0.6) is 0 Å². The molecule has 2 fully saturated rings. The number of aliphatic carboxylic acids is 1. The second-order valence-electron chi connectivity index (χ2n) is 5.12. The van der Waals surface area contributed by atoms with E-state index in [0.717, 1.165) is 25.9 Å². The number of rotatable bonds is 3. The first-order chi connectivity index (χ1) is 8.75. The number of anilines is 1. The largest absolute Gasteiger partial charge is 0.481 e. The Balaban J connectivity index is 1.68. The lowest BCUT2D eigenvalue weighted by Crippen LogP contribution is -2.24. The highest BCUT2D eigenvalue weighted by molar-refractivity contribution is 5.74. The zero-order chi connectivity index (χ0) is 12.5. The van der Waals surface area contributed by atoms with Crippen LogP contribution >= 0.6 is 0 Å². The zero-order valence-corrected chi connectivity index (χ0v) is 10.2. The minimum absolute atomic E-state index is 0.0734. The van der Waals surface area contributed by atoms with Crippen molar-refractivity contribution in [2.45, 2.75) is 38.0 Å². The van der Waals surface area contributed by atoms with E-state index in [-0.39, 0.29) is 11.8 Å². The molecule has 1 aromatic heterocycles. The third kappa shape index (κ3) is 2.19. The van der Waals surface area contributed by atoms with E-state index < -0.39 is 5.97 Å². The van der Waals surface area contributed by atoms with E-state index in [9.17, 15) is 4.79 Å². The van der Waals surface area contributed by atoms with Crippen molar-refractivity contribution in [2.24, 2.45) is 5.92 Å². The maximum atomic E-state index is 10.8. The van der Waals surface area contributed by atoms with E-state index in [0.29, 0.717) is 18.3 Å². The highest BCUT2D eigenvalue weighted by atomic mass is 16.5. The molecule has 1 aliphatic heterocycles. The molecule has 1 saturated heterocycles. The van der Waals surface area contributed by atoms with Crippen LogP contribution in [0.25, 0.3) is 0 Å². The van der Waals surface area contributed by atoms with Crippen LogP contribution < -0.4 is 4.90 Å². The molecule has 0 bridgehead atoms. The molecule has 2 unspecified atom stereocenters. The number of hydrogen-bond acceptors (Lipinski definition) is 5. The van der Waals surface area contributed by atoms with Crippen LogP contribution in [-0.2, 0) is 4.79 Å². The van der Waals surface area contributed by atoms with Crippen LogP contribution in [0.15, 0.2) is 4.52 Å². The monoisotopic (exact) mass is 251 g/mol. The van der Waals surface area contributed by atoms with Crippen LogP contribution in [0.3, 0.4) is 0 Å². The first kappa shape index (κ1) is 11.5. The van der Waals surface area contributed by atoms with Crippen molar-refractivity contribution in [3.63, 3.8) is 0 Å². The van der Waals surface area contributed by atoms with Crippen LogP contribution in [0.4, 0.5) is 5.95 Å². The Morgan fingerprint density at radius 3 is 2.61 bits per heavy atom. The van der Waals surface area contributed by atoms with Gasteiger partial charge in [0.05, 0.1) is 11.8 Å². The second kappa shape index (κ2) is 4.59. The van der Waals surface area contributed by atoms with Gasteiger partial charge in [-0.15, -0.1) is 0 Å².